The number of likely N-dealkylation sites (tertiary alicyclic amines) is 1. The highest BCUT2D eigenvalue weighted by Crippen LogP contribution is 2.69. The highest BCUT2D eigenvalue weighted by atomic mass is 19.1. The first-order valence-electron chi connectivity index (χ1n) is 11.3. The zero-order valence-electron chi connectivity index (χ0n) is 18.9. The summed E-state index contributed by atoms with van der Waals surface area (Å²) >= 11 is 0. The van der Waals surface area contributed by atoms with Gasteiger partial charge in [-0.15, -0.1) is 0 Å². The van der Waals surface area contributed by atoms with Gasteiger partial charge in [-0.25, -0.2) is 15.2 Å². The van der Waals surface area contributed by atoms with E-state index in [1.165, 1.54) is 23.5 Å². The molecule has 2 aliphatic rings. The van der Waals surface area contributed by atoms with E-state index in [1.54, 1.807) is 0 Å². The van der Waals surface area contributed by atoms with E-state index in [0.29, 0.717) is 25.9 Å². The van der Waals surface area contributed by atoms with Gasteiger partial charge in [0.2, 0.25) is 0 Å². The van der Waals surface area contributed by atoms with Crippen LogP contribution >= 0.6 is 0 Å². The molecule has 1 aliphatic heterocycles. The molecular formula is C25H24FN7O2. The van der Waals surface area contributed by atoms with E-state index in [2.05, 4.69) is 16.0 Å². The zero-order chi connectivity index (χ0) is 24.8. The first-order chi connectivity index (χ1) is 16.9. The van der Waals surface area contributed by atoms with E-state index in [4.69, 9.17) is 11.6 Å². The van der Waals surface area contributed by atoms with Crippen molar-refractivity contribution in [1.82, 2.24) is 14.9 Å². The number of carbonyl (C=O) groups is 2. The number of aromatic nitrogens is 2. The zero-order valence-corrected chi connectivity index (χ0v) is 18.9. The van der Waals surface area contributed by atoms with E-state index in [0.717, 1.165) is 23.2 Å². The van der Waals surface area contributed by atoms with E-state index in [-0.39, 0.29) is 27.7 Å². The maximum atomic E-state index is 14.7. The second-order valence-electron chi connectivity index (χ2n) is 9.09. The largest absolute Gasteiger partial charge is 0.403 e. The van der Waals surface area contributed by atoms with Crippen molar-refractivity contribution < 1.29 is 14.0 Å². The van der Waals surface area contributed by atoms with Crippen LogP contribution in [0.4, 0.5) is 10.2 Å². The molecule has 3 aromatic rings. The van der Waals surface area contributed by atoms with Crippen molar-refractivity contribution in [2.45, 2.75) is 24.7 Å². The Kier molecular flexibility index (Phi) is 5.29. The van der Waals surface area contributed by atoms with Gasteiger partial charge < -0.3 is 15.6 Å². The molecule has 0 radical (unpaired) electrons. The Bertz CT molecular complexity index is 1390. The van der Waals surface area contributed by atoms with Crippen molar-refractivity contribution in [3.63, 3.8) is 0 Å². The minimum atomic E-state index is -0.813. The average molecular weight is 474 g/mol. The number of benzene rings is 1. The van der Waals surface area contributed by atoms with Gasteiger partial charge in [0, 0.05) is 31.7 Å². The van der Waals surface area contributed by atoms with E-state index in [1.807, 2.05) is 30.3 Å². The third kappa shape index (κ3) is 3.35. The number of piperidine rings is 1. The number of halogens is 1. The van der Waals surface area contributed by atoms with Crippen LogP contribution < -0.4 is 16.6 Å². The molecule has 1 unspecified atom stereocenters. The molecule has 1 saturated heterocycles. The molecule has 0 bridgehead atoms. The van der Waals surface area contributed by atoms with Gasteiger partial charge in [-0.3, -0.25) is 14.6 Å². The number of nitrogens with zero attached hydrogens (tertiary/aromatic N) is 4. The predicted molar refractivity (Wildman–Crippen MR) is 127 cm³/mol. The highest BCUT2D eigenvalue weighted by molar-refractivity contribution is 6.45. The minimum Gasteiger partial charge on any atom is -0.403 e. The lowest BCUT2D eigenvalue weighted by molar-refractivity contribution is -0.128. The van der Waals surface area contributed by atoms with Crippen molar-refractivity contribution in [3.8, 4) is 6.07 Å². The fraction of sp³-hybridized carbons (Fsp3) is 0.280. The molecule has 9 nitrogen and oxygen atoms in total. The molecule has 1 spiro atoms. The summed E-state index contributed by atoms with van der Waals surface area (Å²) in [6.07, 6.45) is 6.74. The number of amides is 1. The second kappa shape index (κ2) is 8.21. The molecule has 1 saturated carbocycles. The number of nitriles is 1. The normalized spacial score (nSPS) is 20.8. The molecule has 3 heterocycles. The Hall–Kier alpha value is -4.23. The van der Waals surface area contributed by atoms with Gasteiger partial charge in [0.1, 0.15) is 0 Å². The van der Waals surface area contributed by atoms with Crippen molar-refractivity contribution in [2.75, 3.05) is 18.1 Å². The minimum absolute atomic E-state index is 0.0579. The Morgan fingerprint density at radius 2 is 1.97 bits per heavy atom. The number of carbonyl (C=O) groups excluding carboxylic acids is 2. The van der Waals surface area contributed by atoms with Crippen molar-refractivity contribution >= 4 is 28.4 Å². The summed E-state index contributed by atoms with van der Waals surface area (Å²) in [4.78, 5) is 34.5. The first-order valence-corrected chi connectivity index (χ1v) is 11.3. The molecule has 2 aromatic heterocycles. The van der Waals surface area contributed by atoms with E-state index >= 15 is 0 Å². The van der Waals surface area contributed by atoms with E-state index in [9.17, 15) is 19.2 Å². The van der Waals surface area contributed by atoms with Crippen molar-refractivity contribution in [1.29, 1.82) is 5.26 Å². The number of H-pyrrole nitrogens is 1. The number of nitrogens with one attached hydrogen (secondary N) is 1. The summed E-state index contributed by atoms with van der Waals surface area (Å²) in [5.41, 5.74) is 5.70. The number of fused-ring (bicyclic) bond motifs is 1. The third-order valence-electron chi connectivity index (χ3n) is 7.42. The third-order valence-corrected chi connectivity index (χ3v) is 7.42. The molecule has 1 atom stereocenters. The second-order valence-corrected chi connectivity index (χ2v) is 9.09. The lowest BCUT2D eigenvalue weighted by Crippen LogP contribution is -2.44. The summed E-state index contributed by atoms with van der Waals surface area (Å²) in [5, 5.41) is 11.0. The van der Waals surface area contributed by atoms with Crippen LogP contribution in [-0.2, 0) is 10.2 Å². The number of aromatic amines is 1. The van der Waals surface area contributed by atoms with Gasteiger partial charge in [0.15, 0.2) is 11.6 Å². The van der Waals surface area contributed by atoms with Crippen LogP contribution in [0.2, 0.25) is 0 Å². The summed E-state index contributed by atoms with van der Waals surface area (Å²) < 4.78 is 14.7. The predicted octanol–water partition coefficient (Wildman–Crippen LogP) is 2.47. The number of Topliss-reactive ketones (excluding diaryl/α,β-unsaturated/α-hetero) is 1. The highest BCUT2D eigenvalue weighted by Gasteiger charge is 2.69. The SMILES string of the molecule is N#CC1(c2ccccc2)CC12CCN(C(=O)C(=O)c1c[nH]c3c(N(N)/C=C\N)ncc(F)c13)CC2. The molecule has 35 heavy (non-hydrogen) atoms. The standard InChI is InChI=1S/C25H24FN7O2/c26-18-13-31-22(33(29)11-8-27)20-19(18)17(12-30-20)21(34)23(35)32-9-6-24(7-10-32)14-25(24,15-28)16-4-2-1-3-5-16/h1-5,8,11-13,30H,6-7,9-10,14,27,29H2/b11-8-. The van der Waals surface area contributed by atoms with Crippen LogP contribution in [0.25, 0.3) is 10.9 Å². The number of hydrazine groups is 1. The number of rotatable bonds is 5. The van der Waals surface area contributed by atoms with Crippen LogP contribution in [0, 0.1) is 22.6 Å². The Morgan fingerprint density at radius 1 is 1.26 bits per heavy atom. The lowest BCUT2D eigenvalue weighted by Gasteiger charge is -2.33. The smallest absolute Gasteiger partial charge is 0.295 e. The molecule has 178 valence electrons. The Labute approximate surface area is 200 Å². The first kappa shape index (κ1) is 22.6. The van der Waals surface area contributed by atoms with Crippen LogP contribution in [0.1, 0.15) is 35.2 Å². The topological polar surface area (TPSA) is 145 Å². The van der Waals surface area contributed by atoms with Crippen molar-refractivity contribution in [3.05, 3.63) is 72.1 Å². The van der Waals surface area contributed by atoms with Gasteiger partial charge >= 0.3 is 0 Å². The van der Waals surface area contributed by atoms with Crippen LogP contribution in [0.3, 0.4) is 0 Å². The fourth-order valence-electron chi connectivity index (χ4n) is 5.45. The van der Waals surface area contributed by atoms with Gasteiger partial charge in [-0.2, -0.15) is 5.26 Å². The molecule has 2 fully saturated rings. The molecular weight excluding hydrogens is 449 g/mol. The van der Waals surface area contributed by atoms with Gasteiger partial charge in [-0.05, 0) is 30.2 Å². The summed E-state index contributed by atoms with van der Waals surface area (Å²) in [6, 6.07) is 12.2. The summed E-state index contributed by atoms with van der Waals surface area (Å²) in [5.74, 6) is 3.76. The summed E-state index contributed by atoms with van der Waals surface area (Å²) in [7, 11) is 0. The maximum absolute atomic E-state index is 14.7. The van der Waals surface area contributed by atoms with Gasteiger partial charge in [0.25, 0.3) is 11.7 Å². The number of nitrogens with two attached hydrogens (primary N) is 2. The van der Waals surface area contributed by atoms with Gasteiger partial charge in [0.05, 0.1) is 34.1 Å². The lowest BCUT2D eigenvalue weighted by atomic mass is 9.81. The van der Waals surface area contributed by atoms with Gasteiger partial charge in [-0.1, -0.05) is 30.3 Å². The number of pyridine rings is 1. The maximum Gasteiger partial charge on any atom is 0.295 e. The Morgan fingerprint density at radius 3 is 2.63 bits per heavy atom. The summed E-state index contributed by atoms with van der Waals surface area (Å²) in [6.45, 7) is 0.715. The molecule has 1 aliphatic carbocycles. The Balaban J connectivity index is 1.35. The molecule has 5 N–H and O–H groups in total. The quantitative estimate of drug-likeness (QED) is 0.223. The molecule has 5 rings (SSSR count). The van der Waals surface area contributed by atoms with E-state index < -0.39 is 22.9 Å². The number of ketones is 1. The molecule has 1 aromatic carbocycles. The van der Waals surface area contributed by atoms with Crippen molar-refractivity contribution in [2.24, 2.45) is 17.0 Å². The monoisotopic (exact) mass is 473 g/mol. The molecule has 1 amide bonds. The number of hydrogen-bond donors (Lipinski definition) is 3. The van der Waals surface area contributed by atoms with Crippen LogP contribution in [-0.4, -0.2) is 39.6 Å². The number of hydrogen-bond acceptors (Lipinski definition) is 7. The van der Waals surface area contributed by atoms with Crippen LogP contribution in [0.5, 0.6) is 0 Å². The molecule has 10 heteroatoms. The fourth-order valence-corrected chi connectivity index (χ4v) is 5.45. The number of anilines is 1. The average Bonchev–Trinajstić information content (AvgIpc) is 3.28. The van der Waals surface area contributed by atoms with Crippen LogP contribution in [0.15, 0.2) is 55.1 Å².